The number of halogens is 1. The molecule has 2 heterocycles. The highest BCUT2D eigenvalue weighted by atomic mass is 35.5. The molecule has 8 heteroatoms. The molecule has 1 saturated heterocycles. The van der Waals surface area contributed by atoms with Crippen molar-refractivity contribution in [1.29, 1.82) is 0 Å². The molecule has 4 rings (SSSR count). The third-order valence-electron chi connectivity index (χ3n) is 4.67. The second-order valence-corrected chi connectivity index (χ2v) is 7.20. The predicted molar refractivity (Wildman–Crippen MR) is 114 cm³/mol. The molecule has 1 aliphatic heterocycles. The van der Waals surface area contributed by atoms with Gasteiger partial charge >= 0.3 is 0 Å². The number of aromatic nitrogens is 3. The Morgan fingerprint density at radius 2 is 1.50 bits per heavy atom. The van der Waals surface area contributed by atoms with E-state index in [2.05, 4.69) is 66.9 Å². The van der Waals surface area contributed by atoms with Crippen LogP contribution in [0.1, 0.15) is 0 Å². The first kappa shape index (κ1) is 18.5. The van der Waals surface area contributed by atoms with Crippen molar-refractivity contribution in [2.75, 3.05) is 48.8 Å². The highest BCUT2D eigenvalue weighted by molar-refractivity contribution is 6.30. The van der Waals surface area contributed by atoms with Crippen LogP contribution in [0.25, 0.3) is 0 Å². The van der Waals surface area contributed by atoms with Gasteiger partial charge in [0.1, 0.15) is 0 Å². The van der Waals surface area contributed by atoms with Crippen molar-refractivity contribution in [1.82, 2.24) is 20.1 Å². The van der Waals surface area contributed by atoms with E-state index < -0.39 is 0 Å². The number of likely N-dealkylation sites (N-methyl/N-ethyl adjacent to an activating group) is 1. The lowest BCUT2D eigenvalue weighted by Crippen LogP contribution is -2.44. The van der Waals surface area contributed by atoms with Crippen LogP contribution in [-0.4, -0.2) is 53.3 Å². The van der Waals surface area contributed by atoms with Crippen molar-refractivity contribution >= 4 is 40.4 Å². The molecule has 0 saturated carbocycles. The number of hydrogen-bond acceptors (Lipinski definition) is 7. The average Bonchev–Trinajstić information content (AvgIpc) is 2.71. The van der Waals surface area contributed by atoms with E-state index in [1.54, 1.807) is 18.3 Å². The van der Waals surface area contributed by atoms with Gasteiger partial charge in [-0.3, -0.25) is 0 Å². The fraction of sp³-hybridized carbons (Fsp3) is 0.250. The number of nitrogens with one attached hydrogen (secondary N) is 2. The van der Waals surface area contributed by atoms with Gasteiger partial charge in [-0.25, -0.2) is 0 Å². The summed E-state index contributed by atoms with van der Waals surface area (Å²) in [6, 6.07) is 15.7. The second kappa shape index (κ2) is 8.41. The molecule has 2 aromatic carbocycles. The molecule has 28 heavy (non-hydrogen) atoms. The van der Waals surface area contributed by atoms with Crippen LogP contribution in [0.5, 0.6) is 0 Å². The van der Waals surface area contributed by atoms with E-state index in [1.807, 2.05) is 12.1 Å². The van der Waals surface area contributed by atoms with Crippen LogP contribution in [0.2, 0.25) is 5.02 Å². The van der Waals surface area contributed by atoms with Gasteiger partial charge in [0.15, 0.2) is 5.82 Å². The Hall–Kier alpha value is -2.90. The lowest BCUT2D eigenvalue weighted by molar-refractivity contribution is 0.313. The van der Waals surface area contributed by atoms with Gasteiger partial charge in [0.05, 0.1) is 6.20 Å². The molecule has 0 atom stereocenters. The third-order valence-corrected chi connectivity index (χ3v) is 4.92. The lowest BCUT2D eigenvalue weighted by Gasteiger charge is -2.34. The zero-order chi connectivity index (χ0) is 19.3. The number of hydrogen-bond donors (Lipinski definition) is 2. The van der Waals surface area contributed by atoms with E-state index in [4.69, 9.17) is 11.6 Å². The Labute approximate surface area is 169 Å². The molecule has 0 amide bonds. The van der Waals surface area contributed by atoms with Crippen molar-refractivity contribution in [3.05, 3.63) is 59.8 Å². The van der Waals surface area contributed by atoms with Crippen molar-refractivity contribution in [3.8, 4) is 0 Å². The molecule has 0 aliphatic carbocycles. The molecule has 1 aliphatic rings. The highest BCUT2D eigenvalue weighted by Gasteiger charge is 2.14. The van der Waals surface area contributed by atoms with Crippen LogP contribution in [-0.2, 0) is 0 Å². The summed E-state index contributed by atoms with van der Waals surface area (Å²) in [7, 11) is 2.16. The largest absolute Gasteiger partial charge is 0.369 e. The van der Waals surface area contributed by atoms with Gasteiger partial charge < -0.3 is 20.4 Å². The SMILES string of the molecule is CN1CCN(c2ccc(Nc3cnnc(Nc4ccc(Cl)cc4)n3)cc2)CC1. The summed E-state index contributed by atoms with van der Waals surface area (Å²) in [4.78, 5) is 9.22. The molecule has 1 fully saturated rings. The molecule has 0 spiro atoms. The normalized spacial score (nSPS) is 14.7. The minimum atomic E-state index is 0.418. The van der Waals surface area contributed by atoms with Crippen LogP contribution in [0.4, 0.5) is 28.8 Å². The summed E-state index contributed by atoms with van der Waals surface area (Å²) in [5.74, 6) is 1.04. The number of nitrogens with zero attached hydrogens (tertiary/aromatic N) is 5. The Bertz CT molecular complexity index is 907. The monoisotopic (exact) mass is 395 g/mol. The number of rotatable bonds is 5. The summed E-state index contributed by atoms with van der Waals surface area (Å²) in [6.07, 6.45) is 1.60. The highest BCUT2D eigenvalue weighted by Crippen LogP contribution is 2.22. The Morgan fingerprint density at radius 1 is 0.857 bits per heavy atom. The quantitative estimate of drug-likeness (QED) is 0.681. The third kappa shape index (κ3) is 4.68. The first-order chi connectivity index (χ1) is 13.7. The smallest absolute Gasteiger partial charge is 0.249 e. The van der Waals surface area contributed by atoms with E-state index in [-0.39, 0.29) is 0 Å². The van der Waals surface area contributed by atoms with E-state index >= 15 is 0 Å². The van der Waals surface area contributed by atoms with Gasteiger partial charge in [-0.1, -0.05) is 11.6 Å². The van der Waals surface area contributed by atoms with Crippen molar-refractivity contribution in [3.63, 3.8) is 0 Å². The Morgan fingerprint density at radius 3 is 2.21 bits per heavy atom. The van der Waals surface area contributed by atoms with E-state index in [9.17, 15) is 0 Å². The maximum atomic E-state index is 5.91. The standard InChI is InChI=1S/C20H22ClN7/c1-27-10-12-28(13-11-27)18-8-6-16(7-9-18)23-19-14-22-26-20(25-19)24-17-4-2-15(21)3-5-17/h2-9,14H,10-13H2,1H3,(H2,23,24,25,26). The van der Waals surface area contributed by atoms with Crippen LogP contribution in [0.3, 0.4) is 0 Å². The molecular formula is C20H22ClN7. The van der Waals surface area contributed by atoms with E-state index in [0.717, 1.165) is 37.6 Å². The first-order valence-electron chi connectivity index (χ1n) is 9.19. The summed E-state index contributed by atoms with van der Waals surface area (Å²) >= 11 is 5.91. The molecule has 0 bridgehead atoms. The van der Waals surface area contributed by atoms with Gasteiger partial charge in [0, 0.05) is 48.3 Å². The van der Waals surface area contributed by atoms with Gasteiger partial charge in [-0.2, -0.15) is 10.1 Å². The fourth-order valence-electron chi connectivity index (χ4n) is 3.05. The average molecular weight is 396 g/mol. The Kier molecular flexibility index (Phi) is 5.55. The summed E-state index contributed by atoms with van der Waals surface area (Å²) in [5.41, 5.74) is 3.04. The molecule has 7 nitrogen and oxygen atoms in total. The van der Waals surface area contributed by atoms with Crippen LogP contribution in [0.15, 0.2) is 54.7 Å². The van der Waals surface area contributed by atoms with Gasteiger partial charge in [0.2, 0.25) is 5.95 Å². The number of benzene rings is 2. The van der Waals surface area contributed by atoms with Gasteiger partial charge in [-0.15, -0.1) is 5.10 Å². The molecule has 0 radical (unpaired) electrons. The van der Waals surface area contributed by atoms with Crippen LogP contribution in [0, 0.1) is 0 Å². The maximum Gasteiger partial charge on any atom is 0.249 e. The first-order valence-corrected chi connectivity index (χ1v) is 9.56. The molecule has 0 unspecified atom stereocenters. The van der Waals surface area contributed by atoms with Crippen LogP contribution >= 0.6 is 11.6 Å². The molecule has 2 N–H and O–H groups in total. The zero-order valence-electron chi connectivity index (χ0n) is 15.6. The van der Waals surface area contributed by atoms with E-state index in [1.165, 1.54) is 5.69 Å². The fourth-order valence-corrected chi connectivity index (χ4v) is 3.17. The topological polar surface area (TPSA) is 69.2 Å². The summed E-state index contributed by atoms with van der Waals surface area (Å²) in [5, 5.41) is 15.1. The van der Waals surface area contributed by atoms with Crippen LogP contribution < -0.4 is 15.5 Å². The van der Waals surface area contributed by atoms with Crippen molar-refractivity contribution in [2.45, 2.75) is 0 Å². The number of piperazine rings is 1. The molecule has 144 valence electrons. The van der Waals surface area contributed by atoms with Gasteiger partial charge in [0.25, 0.3) is 0 Å². The van der Waals surface area contributed by atoms with Crippen molar-refractivity contribution < 1.29 is 0 Å². The number of anilines is 5. The maximum absolute atomic E-state index is 5.91. The molecule has 3 aromatic rings. The zero-order valence-corrected chi connectivity index (χ0v) is 16.4. The minimum absolute atomic E-state index is 0.418. The van der Waals surface area contributed by atoms with Crippen molar-refractivity contribution in [2.24, 2.45) is 0 Å². The second-order valence-electron chi connectivity index (χ2n) is 6.76. The Balaban J connectivity index is 1.40. The minimum Gasteiger partial charge on any atom is -0.369 e. The predicted octanol–water partition coefficient (Wildman–Crippen LogP) is 3.76. The molecule has 1 aromatic heterocycles. The summed E-state index contributed by atoms with van der Waals surface area (Å²) < 4.78 is 0. The lowest BCUT2D eigenvalue weighted by atomic mass is 10.2. The molecular weight excluding hydrogens is 374 g/mol. The summed E-state index contributed by atoms with van der Waals surface area (Å²) in [6.45, 7) is 4.30. The van der Waals surface area contributed by atoms with E-state index in [0.29, 0.717) is 16.8 Å². The van der Waals surface area contributed by atoms with Gasteiger partial charge in [-0.05, 0) is 55.6 Å².